The van der Waals surface area contributed by atoms with Gasteiger partial charge < -0.3 is 10.1 Å². The highest BCUT2D eigenvalue weighted by Gasteiger charge is 2.32. The molecule has 2 fully saturated rings. The molecule has 6 heteroatoms. The Hall–Kier alpha value is -2.41. The monoisotopic (exact) mass is 380 g/mol. The number of hydrogen-bond acceptors (Lipinski definition) is 5. The zero-order valence-electron chi connectivity index (χ0n) is 16.2. The maximum atomic E-state index is 12.3. The smallest absolute Gasteiger partial charge is 0.251 e. The van der Waals surface area contributed by atoms with Crippen LogP contribution in [0.25, 0.3) is 0 Å². The third kappa shape index (κ3) is 4.35. The van der Waals surface area contributed by atoms with Crippen molar-refractivity contribution in [3.8, 4) is 5.75 Å². The average Bonchev–Trinajstić information content (AvgIpc) is 3.25. The highest BCUT2D eigenvalue weighted by atomic mass is 16.5. The molecule has 28 heavy (non-hydrogen) atoms. The number of nitrogens with zero attached hydrogens (tertiary/aromatic N) is 1. The maximum absolute atomic E-state index is 12.3. The van der Waals surface area contributed by atoms with Gasteiger partial charge in [-0.1, -0.05) is 30.3 Å². The van der Waals surface area contributed by atoms with Crippen molar-refractivity contribution in [1.29, 1.82) is 0 Å². The first-order chi connectivity index (χ1) is 13.7. The molecule has 2 heterocycles. The lowest BCUT2D eigenvalue weighted by atomic mass is 10.0. The minimum Gasteiger partial charge on any atom is -0.497 e. The molecule has 2 aliphatic heterocycles. The van der Waals surface area contributed by atoms with Crippen LogP contribution in [0.3, 0.4) is 0 Å². The Labute approximate surface area is 166 Å². The summed E-state index contributed by atoms with van der Waals surface area (Å²) in [6, 6.07) is 18.2. The summed E-state index contributed by atoms with van der Waals surface area (Å²) in [5.74, 6) is 0.908. The van der Waals surface area contributed by atoms with E-state index in [1.54, 1.807) is 7.11 Å². The molecular formula is C22H28N4O2. The molecule has 2 unspecified atom stereocenters. The molecular weight excluding hydrogens is 352 g/mol. The number of carbonyl (C=O) groups is 1. The second-order valence-electron chi connectivity index (χ2n) is 7.52. The van der Waals surface area contributed by atoms with Gasteiger partial charge in [-0.3, -0.25) is 9.69 Å². The number of likely N-dealkylation sites (tertiary alicyclic amines) is 1. The Kier molecular flexibility index (Phi) is 5.90. The number of ether oxygens (including phenoxy) is 1. The van der Waals surface area contributed by atoms with Gasteiger partial charge in [-0.15, -0.1) is 0 Å². The van der Waals surface area contributed by atoms with E-state index >= 15 is 0 Å². The number of carbonyl (C=O) groups excluding carboxylic acids is 1. The zero-order valence-corrected chi connectivity index (χ0v) is 16.2. The quantitative estimate of drug-likeness (QED) is 0.744. The molecule has 3 N–H and O–H groups in total. The lowest BCUT2D eigenvalue weighted by molar-refractivity contribution is 0.0880. The number of hydrazine groups is 1. The molecule has 2 saturated heterocycles. The van der Waals surface area contributed by atoms with E-state index in [0.29, 0.717) is 12.2 Å². The topological polar surface area (TPSA) is 65.6 Å². The van der Waals surface area contributed by atoms with Crippen LogP contribution in [0.2, 0.25) is 0 Å². The van der Waals surface area contributed by atoms with E-state index in [1.807, 2.05) is 42.5 Å². The van der Waals surface area contributed by atoms with Gasteiger partial charge in [-0.2, -0.15) is 0 Å². The van der Waals surface area contributed by atoms with Gasteiger partial charge in [0.1, 0.15) is 5.75 Å². The summed E-state index contributed by atoms with van der Waals surface area (Å²) in [5.41, 5.74) is 8.86. The summed E-state index contributed by atoms with van der Waals surface area (Å²) in [6.45, 7) is 1.96. The van der Waals surface area contributed by atoms with Crippen molar-refractivity contribution in [3.05, 3.63) is 65.7 Å². The van der Waals surface area contributed by atoms with E-state index in [2.05, 4.69) is 33.2 Å². The molecule has 148 valence electrons. The number of methoxy groups -OCH3 is 1. The van der Waals surface area contributed by atoms with Crippen LogP contribution in [0, 0.1) is 0 Å². The molecule has 0 aromatic heterocycles. The van der Waals surface area contributed by atoms with E-state index in [1.165, 1.54) is 5.56 Å². The van der Waals surface area contributed by atoms with Crippen molar-refractivity contribution >= 4 is 5.91 Å². The Balaban J connectivity index is 1.25. The molecule has 0 saturated carbocycles. The SMILES string of the molecule is COc1ccc(C2CC(N3CCC(NC(=O)c4ccccc4)CC3)NN2)cc1. The summed E-state index contributed by atoms with van der Waals surface area (Å²) in [4.78, 5) is 14.8. The lowest BCUT2D eigenvalue weighted by Crippen LogP contribution is -2.51. The Morgan fingerprint density at radius 2 is 1.75 bits per heavy atom. The number of piperidine rings is 1. The summed E-state index contributed by atoms with van der Waals surface area (Å²) >= 11 is 0. The fourth-order valence-electron chi connectivity index (χ4n) is 4.05. The molecule has 2 aromatic carbocycles. The molecule has 2 atom stereocenters. The Bertz CT molecular complexity index is 773. The van der Waals surface area contributed by atoms with Crippen molar-refractivity contribution in [2.24, 2.45) is 0 Å². The first-order valence-electron chi connectivity index (χ1n) is 9.98. The molecule has 2 aromatic rings. The van der Waals surface area contributed by atoms with Crippen LogP contribution in [-0.4, -0.2) is 43.2 Å². The summed E-state index contributed by atoms with van der Waals surface area (Å²) < 4.78 is 5.24. The van der Waals surface area contributed by atoms with Crippen LogP contribution >= 0.6 is 0 Å². The number of nitrogens with one attached hydrogen (secondary N) is 3. The number of benzene rings is 2. The fraction of sp³-hybridized carbons (Fsp3) is 0.409. The predicted octanol–water partition coefficient (Wildman–Crippen LogP) is 2.45. The van der Waals surface area contributed by atoms with Gasteiger partial charge in [0.15, 0.2) is 0 Å². The average molecular weight is 380 g/mol. The predicted molar refractivity (Wildman–Crippen MR) is 109 cm³/mol. The minimum atomic E-state index is 0.0271. The molecule has 2 aliphatic rings. The van der Waals surface area contributed by atoms with Gasteiger partial charge in [0.2, 0.25) is 0 Å². The molecule has 6 nitrogen and oxygen atoms in total. The Morgan fingerprint density at radius 1 is 1.04 bits per heavy atom. The highest BCUT2D eigenvalue weighted by Crippen LogP contribution is 2.27. The van der Waals surface area contributed by atoms with Crippen LogP contribution < -0.4 is 20.9 Å². The highest BCUT2D eigenvalue weighted by molar-refractivity contribution is 5.94. The first-order valence-corrected chi connectivity index (χ1v) is 9.98. The molecule has 0 radical (unpaired) electrons. The van der Waals surface area contributed by atoms with Crippen LogP contribution in [-0.2, 0) is 0 Å². The van der Waals surface area contributed by atoms with Crippen molar-refractivity contribution in [3.63, 3.8) is 0 Å². The normalized spacial score (nSPS) is 23.5. The van der Waals surface area contributed by atoms with Gasteiger partial charge in [-0.05, 0) is 49.1 Å². The van der Waals surface area contributed by atoms with E-state index in [0.717, 1.165) is 43.7 Å². The summed E-state index contributed by atoms with van der Waals surface area (Å²) in [6.07, 6.45) is 3.29. The van der Waals surface area contributed by atoms with Crippen molar-refractivity contribution < 1.29 is 9.53 Å². The van der Waals surface area contributed by atoms with Crippen molar-refractivity contribution in [1.82, 2.24) is 21.1 Å². The largest absolute Gasteiger partial charge is 0.497 e. The van der Waals surface area contributed by atoms with E-state index in [4.69, 9.17) is 4.74 Å². The third-order valence-electron chi connectivity index (χ3n) is 5.74. The molecule has 0 bridgehead atoms. The van der Waals surface area contributed by atoms with Crippen LogP contribution in [0.4, 0.5) is 0 Å². The van der Waals surface area contributed by atoms with Crippen LogP contribution in [0.5, 0.6) is 5.75 Å². The van der Waals surface area contributed by atoms with E-state index in [9.17, 15) is 4.79 Å². The third-order valence-corrected chi connectivity index (χ3v) is 5.74. The maximum Gasteiger partial charge on any atom is 0.251 e. The van der Waals surface area contributed by atoms with Crippen molar-refractivity contribution in [2.45, 2.75) is 37.5 Å². The summed E-state index contributed by atoms with van der Waals surface area (Å²) in [5, 5.41) is 3.18. The summed E-state index contributed by atoms with van der Waals surface area (Å²) in [7, 11) is 1.69. The van der Waals surface area contributed by atoms with E-state index in [-0.39, 0.29) is 11.9 Å². The lowest BCUT2D eigenvalue weighted by Gasteiger charge is -2.35. The van der Waals surface area contributed by atoms with Gasteiger partial charge in [0.25, 0.3) is 5.91 Å². The number of amides is 1. The molecule has 1 amide bonds. The standard InChI is InChI=1S/C22H28N4O2/c1-28-19-9-7-16(8-10-19)20-15-21(25-24-20)26-13-11-18(12-14-26)23-22(27)17-5-3-2-4-6-17/h2-10,18,20-21,24-25H,11-15H2,1H3,(H,23,27). The number of hydrogen-bond donors (Lipinski definition) is 3. The van der Waals surface area contributed by atoms with Gasteiger partial charge >= 0.3 is 0 Å². The van der Waals surface area contributed by atoms with Gasteiger partial charge in [0, 0.05) is 30.7 Å². The zero-order chi connectivity index (χ0) is 19.3. The fourth-order valence-corrected chi connectivity index (χ4v) is 4.05. The second-order valence-corrected chi connectivity index (χ2v) is 7.52. The first kappa shape index (κ1) is 18.9. The molecule has 0 spiro atoms. The molecule has 0 aliphatic carbocycles. The van der Waals surface area contributed by atoms with Gasteiger partial charge in [0.05, 0.1) is 13.3 Å². The van der Waals surface area contributed by atoms with Crippen LogP contribution in [0.1, 0.15) is 41.2 Å². The van der Waals surface area contributed by atoms with E-state index < -0.39 is 0 Å². The molecule has 4 rings (SSSR count). The minimum absolute atomic E-state index is 0.0271. The van der Waals surface area contributed by atoms with Gasteiger partial charge in [-0.25, -0.2) is 10.9 Å². The number of rotatable bonds is 5. The Morgan fingerprint density at radius 3 is 2.43 bits per heavy atom. The van der Waals surface area contributed by atoms with Crippen LogP contribution in [0.15, 0.2) is 54.6 Å². The van der Waals surface area contributed by atoms with Crippen molar-refractivity contribution in [2.75, 3.05) is 20.2 Å². The second kappa shape index (κ2) is 8.73.